The summed E-state index contributed by atoms with van der Waals surface area (Å²) in [6.45, 7) is 4.53. The Morgan fingerprint density at radius 2 is 2.06 bits per heavy atom. The quantitative estimate of drug-likeness (QED) is 0.818. The maximum absolute atomic E-state index is 12.4. The van der Waals surface area contributed by atoms with Gasteiger partial charge in [0.25, 0.3) is 0 Å². The molecular weight excluding hydrogens is 245 g/mol. The summed E-state index contributed by atoms with van der Waals surface area (Å²) in [5, 5.41) is 5.44. The van der Waals surface area contributed by atoms with E-state index in [-0.39, 0.29) is 25.3 Å². The summed E-state index contributed by atoms with van der Waals surface area (Å²) in [7, 11) is 0. The number of carbonyl (C=O) groups excluding carboxylic acids is 1. The zero-order valence-electron chi connectivity index (χ0n) is 10.8. The number of piperidine rings is 1. The van der Waals surface area contributed by atoms with Crippen molar-refractivity contribution in [3.8, 4) is 0 Å². The van der Waals surface area contributed by atoms with Crippen molar-refractivity contribution in [1.29, 1.82) is 0 Å². The van der Waals surface area contributed by atoms with Crippen LogP contribution in [0.4, 0.5) is 13.2 Å². The highest BCUT2D eigenvalue weighted by atomic mass is 19.4. The van der Waals surface area contributed by atoms with Crippen molar-refractivity contribution in [2.75, 3.05) is 13.1 Å². The Morgan fingerprint density at radius 3 is 2.50 bits per heavy atom. The zero-order valence-corrected chi connectivity index (χ0v) is 10.8. The van der Waals surface area contributed by atoms with Gasteiger partial charge >= 0.3 is 6.18 Å². The monoisotopic (exact) mass is 266 g/mol. The Labute approximate surface area is 106 Å². The summed E-state index contributed by atoms with van der Waals surface area (Å²) in [5.74, 6) is -1.01. The van der Waals surface area contributed by atoms with E-state index in [0.717, 1.165) is 6.42 Å². The second-order valence-corrected chi connectivity index (χ2v) is 5.25. The zero-order chi connectivity index (χ0) is 13.8. The van der Waals surface area contributed by atoms with Crippen LogP contribution in [0.5, 0.6) is 0 Å². The molecule has 0 spiro atoms. The number of halogens is 3. The highest BCUT2D eigenvalue weighted by Gasteiger charge is 2.42. The van der Waals surface area contributed by atoms with Crippen LogP contribution in [0, 0.1) is 11.8 Å². The van der Waals surface area contributed by atoms with Crippen LogP contribution in [0.1, 0.15) is 33.1 Å². The minimum atomic E-state index is -4.16. The topological polar surface area (TPSA) is 41.1 Å². The number of hydrogen-bond acceptors (Lipinski definition) is 2. The van der Waals surface area contributed by atoms with Crippen molar-refractivity contribution < 1.29 is 18.0 Å². The second kappa shape index (κ2) is 6.41. The van der Waals surface area contributed by atoms with Gasteiger partial charge in [0.2, 0.25) is 5.91 Å². The first-order chi connectivity index (χ1) is 8.30. The van der Waals surface area contributed by atoms with Crippen molar-refractivity contribution in [3.63, 3.8) is 0 Å². The molecule has 0 bridgehead atoms. The predicted molar refractivity (Wildman–Crippen MR) is 63.0 cm³/mol. The van der Waals surface area contributed by atoms with E-state index in [4.69, 9.17) is 0 Å². The largest absolute Gasteiger partial charge is 0.393 e. The van der Waals surface area contributed by atoms with Crippen molar-refractivity contribution >= 4 is 5.91 Å². The molecule has 0 aliphatic carbocycles. The number of hydrogen-bond donors (Lipinski definition) is 2. The van der Waals surface area contributed by atoms with E-state index in [2.05, 4.69) is 24.5 Å². The summed E-state index contributed by atoms with van der Waals surface area (Å²) in [6, 6.07) is -0.476. The average Bonchev–Trinajstić information content (AvgIpc) is 2.27. The predicted octanol–water partition coefficient (Wildman–Crippen LogP) is 2.08. The van der Waals surface area contributed by atoms with Crippen molar-refractivity contribution in [2.24, 2.45) is 11.8 Å². The molecule has 3 nitrogen and oxygen atoms in total. The summed E-state index contributed by atoms with van der Waals surface area (Å²) < 4.78 is 37.3. The fourth-order valence-corrected chi connectivity index (χ4v) is 1.97. The fourth-order valence-electron chi connectivity index (χ4n) is 1.97. The molecule has 2 N–H and O–H groups in total. The Bertz CT molecular complexity index is 271. The van der Waals surface area contributed by atoms with Gasteiger partial charge in [-0.2, -0.15) is 13.2 Å². The van der Waals surface area contributed by atoms with Crippen molar-refractivity contribution in [3.05, 3.63) is 0 Å². The minimum absolute atomic E-state index is 0.0266. The van der Waals surface area contributed by atoms with Crippen LogP contribution in [-0.4, -0.2) is 31.2 Å². The highest BCUT2D eigenvalue weighted by molar-refractivity contribution is 5.81. The number of alkyl halides is 3. The summed E-state index contributed by atoms with van der Waals surface area (Å²) in [5.41, 5.74) is 0. The Kier molecular flexibility index (Phi) is 5.44. The molecule has 1 amide bonds. The van der Waals surface area contributed by atoms with E-state index in [1.807, 2.05) is 0 Å². The first kappa shape index (κ1) is 15.3. The molecule has 0 saturated carbocycles. The molecule has 1 aliphatic rings. The first-order valence-corrected chi connectivity index (χ1v) is 6.38. The smallest absolute Gasteiger partial charge is 0.355 e. The molecule has 1 fully saturated rings. The third-order valence-corrected chi connectivity index (χ3v) is 3.21. The van der Waals surface area contributed by atoms with E-state index >= 15 is 0 Å². The molecule has 0 aromatic heterocycles. The molecule has 0 aromatic carbocycles. The maximum atomic E-state index is 12.4. The summed E-state index contributed by atoms with van der Waals surface area (Å²) in [4.78, 5) is 11.7. The summed E-state index contributed by atoms with van der Waals surface area (Å²) in [6.07, 6.45) is -3.01. The van der Waals surface area contributed by atoms with Crippen LogP contribution < -0.4 is 10.6 Å². The van der Waals surface area contributed by atoms with Crippen LogP contribution >= 0.6 is 0 Å². The molecule has 106 valence electrons. The maximum Gasteiger partial charge on any atom is 0.393 e. The van der Waals surface area contributed by atoms with Gasteiger partial charge in [0.1, 0.15) is 0 Å². The standard InChI is InChI=1S/C12H21F3N2O/c1-8(2)5-6-16-11(18)10-4-3-9(7-17-10)12(13,14)15/h8-10,17H,3-7H2,1-2H3,(H,16,18). The molecule has 2 unspecified atom stereocenters. The van der Waals surface area contributed by atoms with Gasteiger partial charge in [-0.3, -0.25) is 4.79 Å². The van der Waals surface area contributed by atoms with E-state index in [1.165, 1.54) is 0 Å². The third-order valence-electron chi connectivity index (χ3n) is 3.21. The lowest BCUT2D eigenvalue weighted by molar-refractivity contribution is -0.180. The molecule has 2 atom stereocenters. The summed E-state index contributed by atoms with van der Waals surface area (Å²) >= 11 is 0. The molecule has 1 saturated heterocycles. The van der Waals surface area contributed by atoms with E-state index in [1.54, 1.807) is 0 Å². The molecule has 1 aliphatic heterocycles. The lowest BCUT2D eigenvalue weighted by Gasteiger charge is -2.30. The normalized spacial score (nSPS) is 25.2. The Morgan fingerprint density at radius 1 is 1.39 bits per heavy atom. The molecular formula is C12H21F3N2O. The van der Waals surface area contributed by atoms with E-state index < -0.39 is 18.1 Å². The van der Waals surface area contributed by atoms with Gasteiger partial charge in [0.15, 0.2) is 0 Å². The first-order valence-electron chi connectivity index (χ1n) is 6.38. The van der Waals surface area contributed by atoms with Gasteiger partial charge in [-0.25, -0.2) is 0 Å². The van der Waals surface area contributed by atoms with Crippen molar-refractivity contribution in [2.45, 2.75) is 45.3 Å². The van der Waals surface area contributed by atoms with E-state index in [9.17, 15) is 18.0 Å². The van der Waals surface area contributed by atoms with Crippen molar-refractivity contribution in [1.82, 2.24) is 10.6 Å². The average molecular weight is 266 g/mol. The van der Waals surface area contributed by atoms with Crippen LogP contribution in [-0.2, 0) is 4.79 Å². The number of rotatable bonds is 4. The van der Waals surface area contributed by atoms with Crippen LogP contribution in [0.15, 0.2) is 0 Å². The minimum Gasteiger partial charge on any atom is -0.355 e. The van der Waals surface area contributed by atoms with E-state index in [0.29, 0.717) is 12.5 Å². The highest BCUT2D eigenvalue weighted by Crippen LogP contribution is 2.31. The lowest BCUT2D eigenvalue weighted by atomic mass is 9.94. The van der Waals surface area contributed by atoms with Crippen LogP contribution in [0.25, 0.3) is 0 Å². The molecule has 0 radical (unpaired) electrons. The number of nitrogens with one attached hydrogen (secondary N) is 2. The van der Waals surface area contributed by atoms with Gasteiger partial charge < -0.3 is 10.6 Å². The SMILES string of the molecule is CC(C)CCNC(=O)C1CCC(C(F)(F)F)CN1. The van der Waals surface area contributed by atoms with Gasteiger partial charge in [-0.1, -0.05) is 13.8 Å². The fraction of sp³-hybridized carbons (Fsp3) is 0.917. The van der Waals surface area contributed by atoms with Crippen LogP contribution in [0.2, 0.25) is 0 Å². The Balaban J connectivity index is 2.28. The molecule has 0 aromatic rings. The number of amides is 1. The Hall–Kier alpha value is -0.780. The molecule has 1 rings (SSSR count). The number of carbonyl (C=O) groups is 1. The van der Waals surface area contributed by atoms with Gasteiger partial charge in [-0.15, -0.1) is 0 Å². The molecule has 6 heteroatoms. The lowest BCUT2D eigenvalue weighted by Crippen LogP contribution is -2.51. The third kappa shape index (κ3) is 4.84. The van der Waals surface area contributed by atoms with Gasteiger partial charge in [0, 0.05) is 13.1 Å². The second-order valence-electron chi connectivity index (χ2n) is 5.25. The molecule has 1 heterocycles. The molecule has 18 heavy (non-hydrogen) atoms. The van der Waals surface area contributed by atoms with Gasteiger partial charge in [-0.05, 0) is 25.2 Å². The van der Waals surface area contributed by atoms with Gasteiger partial charge in [0.05, 0.1) is 12.0 Å². The van der Waals surface area contributed by atoms with Crippen LogP contribution in [0.3, 0.4) is 0 Å².